The summed E-state index contributed by atoms with van der Waals surface area (Å²) in [5.74, 6) is -1.54. The minimum atomic E-state index is -0.754. The summed E-state index contributed by atoms with van der Waals surface area (Å²) < 4.78 is 28.4. The van der Waals surface area contributed by atoms with Crippen LogP contribution in [0.4, 0.5) is 0 Å². The standard InChI is InChI=1S/C23H25NO8/c1-11(2)17-12(3)18-19(32-23(17)27)13(4)20(29-10-14-9-24-7-8-28-14)22-21(18)30-15(25)5-6-16(26)31-22/h5-6,11,14,24H,7-10H2,1-4H3/b6-5+. The van der Waals surface area contributed by atoms with Crippen LogP contribution in [0.5, 0.6) is 17.2 Å². The molecule has 1 unspecified atom stereocenters. The Hall–Kier alpha value is -3.17. The third-order valence-electron chi connectivity index (χ3n) is 5.50. The van der Waals surface area contributed by atoms with Gasteiger partial charge in [-0.3, -0.25) is 0 Å². The number of hydrogen-bond acceptors (Lipinski definition) is 9. The third kappa shape index (κ3) is 4.01. The zero-order valence-corrected chi connectivity index (χ0v) is 18.4. The Balaban J connectivity index is 1.95. The maximum Gasteiger partial charge on any atom is 0.339 e. The van der Waals surface area contributed by atoms with Gasteiger partial charge in [-0.05, 0) is 25.3 Å². The molecule has 4 rings (SSSR count). The molecule has 0 bridgehead atoms. The molecule has 9 heteroatoms. The van der Waals surface area contributed by atoms with Crippen molar-refractivity contribution in [3.8, 4) is 17.2 Å². The summed E-state index contributed by atoms with van der Waals surface area (Å²) in [4.78, 5) is 37.3. The van der Waals surface area contributed by atoms with E-state index in [1.54, 1.807) is 13.8 Å². The number of nitrogens with one attached hydrogen (secondary N) is 1. The lowest BCUT2D eigenvalue weighted by molar-refractivity contribution is -0.133. The molecule has 2 aliphatic rings. The summed E-state index contributed by atoms with van der Waals surface area (Å²) in [7, 11) is 0. The molecule has 2 aromatic rings. The van der Waals surface area contributed by atoms with Crippen LogP contribution < -0.4 is 25.2 Å². The second-order valence-corrected chi connectivity index (χ2v) is 8.08. The van der Waals surface area contributed by atoms with Crippen LogP contribution in [0.1, 0.15) is 36.5 Å². The van der Waals surface area contributed by atoms with Crippen molar-refractivity contribution in [2.75, 3.05) is 26.3 Å². The monoisotopic (exact) mass is 443 g/mol. The summed E-state index contributed by atoms with van der Waals surface area (Å²) in [6.45, 7) is 9.23. The Kier molecular flexibility index (Phi) is 6.03. The summed E-state index contributed by atoms with van der Waals surface area (Å²) >= 11 is 0. The number of esters is 2. The highest BCUT2D eigenvalue weighted by Gasteiger charge is 2.31. The number of rotatable bonds is 4. The van der Waals surface area contributed by atoms with Crippen molar-refractivity contribution in [3.63, 3.8) is 0 Å². The highest BCUT2D eigenvalue weighted by atomic mass is 16.6. The summed E-state index contributed by atoms with van der Waals surface area (Å²) in [5, 5.41) is 3.60. The molecule has 1 N–H and O–H groups in total. The first kappa shape index (κ1) is 22.0. The van der Waals surface area contributed by atoms with Gasteiger partial charge in [0.05, 0.1) is 12.0 Å². The van der Waals surface area contributed by atoms with Crippen LogP contribution in [0.3, 0.4) is 0 Å². The maximum atomic E-state index is 12.7. The predicted molar refractivity (Wildman–Crippen MR) is 115 cm³/mol. The van der Waals surface area contributed by atoms with E-state index >= 15 is 0 Å². The molecule has 1 atom stereocenters. The fourth-order valence-electron chi connectivity index (χ4n) is 4.03. The molecule has 1 saturated heterocycles. The van der Waals surface area contributed by atoms with Gasteiger partial charge in [0.15, 0.2) is 11.5 Å². The van der Waals surface area contributed by atoms with Gasteiger partial charge in [-0.15, -0.1) is 0 Å². The molecule has 0 aliphatic carbocycles. The second kappa shape index (κ2) is 8.76. The third-order valence-corrected chi connectivity index (χ3v) is 5.50. The molecule has 0 radical (unpaired) electrons. The van der Waals surface area contributed by atoms with Crippen LogP contribution in [0.2, 0.25) is 0 Å². The lowest BCUT2D eigenvalue weighted by atomic mass is 9.95. The largest absolute Gasteiger partial charge is 0.486 e. The second-order valence-electron chi connectivity index (χ2n) is 8.08. The van der Waals surface area contributed by atoms with Crippen molar-refractivity contribution in [3.05, 3.63) is 39.3 Å². The molecule has 0 saturated carbocycles. The minimum Gasteiger partial charge on any atom is -0.486 e. The van der Waals surface area contributed by atoms with Crippen molar-refractivity contribution in [1.29, 1.82) is 0 Å². The number of benzene rings is 1. The Morgan fingerprint density at radius 1 is 1.06 bits per heavy atom. The van der Waals surface area contributed by atoms with E-state index in [9.17, 15) is 14.4 Å². The average Bonchev–Trinajstić information content (AvgIpc) is 2.74. The molecule has 0 spiro atoms. The summed E-state index contributed by atoms with van der Waals surface area (Å²) in [6, 6.07) is 0. The zero-order valence-electron chi connectivity index (χ0n) is 18.4. The van der Waals surface area contributed by atoms with Crippen LogP contribution in [0, 0.1) is 13.8 Å². The van der Waals surface area contributed by atoms with E-state index < -0.39 is 17.6 Å². The van der Waals surface area contributed by atoms with Gasteiger partial charge in [0.1, 0.15) is 18.3 Å². The van der Waals surface area contributed by atoms with Gasteiger partial charge in [0.25, 0.3) is 0 Å². The number of hydrogen-bond donors (Lipinski definition) is 1. The predicted octanol–water partition coefficient (Wildman–Crippen LogP) is 2.28. The van der Waals surface area contributed by atoms with Gasteiger partial charge in [-0.1, -0.05) is 13.8 Å². The van der Waals surface area contributed by atoms with E-state index in [0.717, 1.165) is 18.7 Å². The summed E-state index contributed by atoms with van der Waals surface area (Å²) in [5.41, 5.74) is 1.22. The topological polar surface area (TPSA) is 113 Å². The SMILES string of the molecule is Cc1c(OCC2CNCCO2)c2c(c3c(C)c(C(C)C)c(=O)oc13)OC(=O)/C=C/C(=O)O2. The first-order chi connectivity index (χ1) is 15.3. The fraction of sp³-hybridized carbons (Fsp3) is 0.435. The van der Waals surface area contributed by atoms with Crippen molar-refractivity contribution in [1.82, 2.24) is 5.32 Å². The van der Waals surface area contributed by atoms with Crippen LogP contribution in [0.25, 0.3) is 11.0 Å². The van der Waals surface area contributed by atoms with E-state index in [0.29, 0.717) is 35.2 Å². The van der Waals surface area contributed by atoms with Crippen molar-refractivity contribution in [2.45, 2.75) is 39.7 Å². The Morgan fingerprint density at radius 2 is 1.75 bits per heavy atom. The van der Waals surface area contributed by atoms with Crippen molar-refractivity contribution in [2.24, 2.45) is 0 Å². The number of morpholine rings is 1. The molecule has 0 amide bonds. The number of fused-ring (bicyclic) bond motifs is 3. The van der Waals surface area contributed by atoms with Gasteiger partial charge in [0.2, 0.25) is 5.75 Å². The molecule has 2 aliphatic heterocycles. The van der Waals surface area contributed by atoms with E-state index in [1.807, 2.05) is 13.8 Å². The smallest absolute Gasteiger partial charge is 0.339 e. The molecule has 1 aromatic carbocycles. The Bertz CT molecular complexity index is 1170. The zero-order chi connectivity index (χ0) is 23.0. The molecular formula is C23H25NO8. The number of carbonyl (C=O) groups excluding carboxylic acids is 2. The minimum absolute atomic E-state index is 0.0193. The van der Waals surface area contributed by atoms with Gasteiger partial charge in [-0.2, -0.15) is 0 Å². The van der Waals surface area contributed by atoms with Crippen LogP contribution >= 0.6 is 0 Å². The van der Waals surface area contributed by atoms with Gasteiger partial charge in [0, 0.05) is 36.4 Å². The number of aryl methyl sites for hydroxylation is 2. The highest BCUT2D eigenvalue weighted by molar-refractivity contribution is 6.02. The number of ether oxygens (including phenoxy) is 4. The van der Waals surface area contributed by atoms with Crippen molar-refractivity contribution < 1.29 is 33.0 Å². The summed E-state index contributed by atoms with van der Waals surface area (Å²) in [6.07, 6.45) is 1.75. The van der Waals surface area contributed by atoms with Crippen molar-refractivity contribution >= 4 is 22.9 Å². The fourth-order valence-corrected chi connectivity index (χ4v) is 4.03. The molecule has 1 fully saturated rings. The molecule has 170 valence electrons. The Morgan fingerprint density at radius 3 is 2.38 bits per heavy atom. The molecule has 9 nitrogen and oxygen atoms in total. The van der Waals surface area contributed by atoms with E-state index in [4.69, 9.17) is 23.4 Å². The van der Waals surface area contributed by atoms with Crippen LogP contribution in [-0.4, -0.2) is 44.3 Å². The van der Waals surface area contributed by atoms with Gasteiger partial charge in [-0.25, -0.2) is 14.4 Å². The highest BCUT2D eigenvalue weighted by Crippen LogP contribution is 2.49. The molecule has 32 heavy (non-hydrogen) atoms. The van der Waals surface area contributed by atoms with Crippen LogP contribution in [0.15, 0.2) is 21.4 Å². The van der Waals surface area contributed by atoms with Crippen LogP contribution in [-0.2, 0) is 14.3 Å². The van der Waals surface area contributed by atoms with Gasteiger partial charge < -0.3 is 28.7 Å². The Labute approximate surface area is 184 Å². The molecule has 3 heterocycles. The molecule has 1 aromatic heterocycles. The molecular weight excluding hydrogens is 418 g/mol. The first-order valence-corrected chi connectivity index (χ1v) is 10.5. The lowest BCUT2D eigenvalue weighted by Gasteiger charge is -2.25. The number of carbonyl (C=O) groups is 2. The average molecular weight is 443 g/mol. The normalized spacial score (nSPS) is 19.7. The van der Waals surface area contributed by atoms with E-state index in [2.05, 4.69) is 5.32 Å². The quantitative estimate of drug-likeness (QED) is 0.432. The van der Waals surface area contributed by atoms with E-state index in [-0.39, 0.29) is 41.5 Å². The maximum absolute atomic E-state index is 12.7. The lowest BCUT2D eigenvalue weighted by Crippen LogP contribution is -2.41. The van der Waals surface area contributed by atoms with E-state index in [1.165, 1.54) is 0 Å². The van der Waals surface area contributed by atoms with Gasteiger partial charge >= 0.3 is 17.6 Å². The first-order valence-electron chi connectivity index (χ1n) is 10.5.